The van der Waals surface area contributed by atoms with Crippen molar-refractivity contribution >= 4 is 60.6 Å². The number of alkyl halides is 1. The van der Waals surface area contributed by atoms with E-state index in [1.807, 2.05) is 0 Å². The van der Waals surface area contributed by atoms with Crippen molar-refractivity contribution in [1.29, 1.82) is 0 Å². The van der Waals surface area contributed by atoms with Crippen LogP contribution in [0.4, 0.5) is 9.59 Å². The summed E-state index contributed by atoms with van der Waals surface area (Å²) < 4.78 is 18.8. The van der Waals surface area contributed by atoms with Gasteiger partial charge in [-0.15, -0.1) is 11.6 Å². The van der Waals surface area contributed by atoms with Crippen molar-refractivity contribution in [1.82, 2.24) is 0 Å². The fourth-order valence-corrected chi connectivity index (χ4v) is 6.61. The van der Waals surface area contributed by atoms with Gasteiger partial charge in [0.05, 0.1) is 25.0 Å². The molecule has 0 heterocycles. The van der Waals surface area contributed by atoms with Crippen LogP contribution >= 0.6 is 36.7 Å². The fraction of sp³-hybridized carbons (Fsp3) is 0.667. The molecule has 4 unspecified atom stereocenters. The van der Waals surface area contributed by atoms with Crippen LogP contribution < -0.4 is 0 Å². The molecule has 3 saturated carbocycles. The molecule has 12 heteroatoms. The van der Waals surface area contributed by atoms with Crippen LogP contribution in [-0.4, -0.2) is 48.6 Å². The van der Waals surface area contributed by atoms with E-state index in [1.165, 1.54) is 33.1 Å². The van der Waals surface area contributed by atoms with Crippen molar-refractivity contribution < 1.29 is 70.7 Å². The molecule has 5 aliphatic carbocycles. The zero-order chi connectivity index (χ0) is 24.9. The van der Waals surface area contributed by atoms with Gasteiger partial charge in [0.25, 0.3) is 0 Å². The van der Waals surface area contributed by atoms with Gasteiger partial charge in [0, 0.05) is 68.8 Å². The molecule has 36 heavy (non-hydrogen) atoms. The molecule has 8 nitrogen and oxygen atoms in total. The quantitative estimate of drug-likeness (QED) is 0.250. The Bertz CT molecular complexity index is 917. The summed E-state index contributed by atoms with van der Waals surface area (Å²) in [6.45, 7) is 0. The van der Waals surface area contributed by atoms with Crippen LogP contribution in [0.1, 0.15) is 65.6 Å². The van der Waals surface area contributed by atoms with Gasteiger partial charge < -0.3 is 18.9 Å². The number of ketones is 2. The zero-order valence-electron chi connectivity index (χ0n) is 20.4. The Morgan fingerprint density at radius 3 is 2.22 bits per heavy atom. The van der Waals surface area contributed by atoms with Crippen LogP contribution in [0.5, 0.6) is 0 Å². The van der Waals surface area contributed by atoms with Crippen LogP contribution in [0, 0.1) is 42.9 Å². The normalized spacial score (nSPS) is 30.7. The molecule has 0 aromatic carbocycles. The van der Waals surface area contributed by atoms with E-state index in [1.54, 1.807) is 0 Å². The van der Waals surface area contributed by atoms with Crippen LogP contribution in [-0.2, 0) is 28.5 Å². The SMILES string of the molecule is COC(=O)OC12CCC(=O)C1C1(Cl)CCCC12.COC(=O)OC1=CC(=O)CC1.ClC1=CCCC1.S.[3HH].[U]. The molecular formula is C24H34Cl2O8SU. The molecule has 0 N–H and O–H groups in total. The Morgan fingerprint density at radius 2 is 1.72 bits per heavy atom. The van der Waals surface area contributed by atoms with Gasteiger partial charge in [-0.25, -0.2) is 9.59 Å². The van der Waals surface area contributed by atoms with Gasteiger partial charge in [0.15, 0.2) is 5.78 Å². The Morgan fingerprint density at radius 1 is 1.03 bits per heavy atom. The van der Waals surface area contributed by atoms with Gasteiger partial charge in [0.1, 0.15) is 17.1 Å². The second-order valence-electron chi connectivity index (χ2n) is 8.96. The number of methoxy groups -OCH3 is 2. The van der Waals surface area contributed by atoms with E-state index in [4.69, 9.17) is 27.9 Å². The summed E-state index contributed by atoms with van der Waals surface area (Å²) in [7, 11) is 2.51. The van der Waals surface area contributed by atoms with Crippen LogP contribution in [0.3, 0.4) is 0 Å². The third-order valence-corrected chi connectivity index (χ3v) is 8.03. The summed E-state index contributed by atoms with van der Waals surface area (Å²) in [5, 5.41) is 1.05. The third-order valence-electron chi connectivity index (χ3n) is 7.02. The van der Waals surface area contributed by atoms with Crippen molar-refractivity contribution in [2.75, 3.05) is 14.2 Å². The van der Waals surface area contributed by atoms with Gasteiger partial charge in [0.2, 0.25) is 0 Å². The average molecular weight is 794 g/mol. The van der Waals surface area contributed by atoms with E-state index in [9.17, 15) is 19.2 Å². The van der Waals surface area contributed by atoms with E-state index in [2.05, 4.69) is 20.3 Å². The molecule has 5 rings (SSSR count). The molecule has 0 aromatic rings. The van der Waals surface area contributed by atoms with E-state index in [0.717, 1.165) is 30.7 Å². The summed E-state index contributed by atoms with van der Waals surface area (Å²) >= 11 is 12.1. The molecule has 0 aliphatic heterocycles. The standard InChI is InChI=1S/C12H15ClO4.C7H8O4.C5H7Cl.H2S.U.H2/c1-16-10(15)17-12-6-4-7(14)9(12)11(13)5-2-3-8(11)12;1-10-7(9)11-6-3-2-5(8)4-6;6-5-3-1-2-4-5;;;/h8-9H,2-6H2,1H3;4H,2-3H2,1H3;3H,1-2,4H2;1H2;;1H/i;;;;;1+2. The molecule has 202 valence electrons. The van der Waals surface area contributed by atoms with E-state index >= 15 is 0 Å². The molecule has 5 aliphatic rings. The molecule has 0 radical (unpaired) electrons. The minimum Gasteiger partial charge on any atom is -0.438 e. The minimum atomic E-state index is -0.772. The van der Waals surface area contributed by atoms with Gasteiger partial charge in [-0.2, -0.15) is 13.5 Å². The molecule has 0 bridgehead atoms. The van der Waals surface area contributed by atoms with Gasteiger partial charge >= 0.3 is 12.3 Å². The number of hydrogen-bond acceptors (Lipinski definition) is 8. The second-order valence-corrected chi connectivity index (χ2v) is 10.1. The number of halogens is 2. The number of carbonyl (C=O) groups is 4. The number of rotatable bonds is 2. The van der Waals surface area contributed by atoms with Crippen molar-refractivity contribution in [3.05, 3.63) is 22.9 Å². The number of carbonyl (C=O) groups excluding carboxylic acids is 4. The molecule has 0 saturated heterocycles. The number of hydrogen-bond donors (Lipinski definition) is 0. The maximum atomic E-state index is 11.9. The van der Waals surface area contributed by atoms with E-state index < -0.39 is 22.8 Å². The summed E-state index contributed by atoms with van der Waals surface area (Å²) in [5.41, 5.74) is -0.664. The first-order chi connectivity index (χ1) is 16.2. The fourth-order valence-electron chi connectivity index (χ4n) is 5.63. The molecule has 0 spiro atoms. The predicted molar refractivity (Wildman–Crippen MR) is 136 cm³/mol. The summed E-state index contributed by atoms with van der Waals surface area (Å²) in [6, 6.07) is 0. The molecule has 0 amide bonds. The molecular weight excluding hydrogens is 757 g/mol. The Hall–Kier alpha value is -0.658. The molecule has 4 atom stereocenters. The van der Waals surface area contributed by atoms with Crippen molar-refractivity contribution in [2.24, 2.45) is 11.8 Å². The van der Waals surface area contributed by atoms with Crippen molar-refractivity contribution in [3.63, 3.8) is 0 Å². The monoisotopic (exact) mass is 792 g/mol. The first-order valence-corrected chi connectivity index (χ1v) is 12.2. The van der Waals surface area contributed by atoms with E-state index in [-0.39, 0.29) is 69.4 Å². The topological polar surface area (TPSA) is 105 Å². The Kier molecular flexibility index (Phi) is 13.4. The number of allylic oxidation sites excluding steroid dienone is 4. The first kappa shape index (κ1) is 33.4. The predicted octanol–water partition coefficient (Wildman–Crippen LogP) is 5.95. The van der Waals surface area contributed by atoms with Gasteiger partial charge in [-0.1, -0.05) is 24.1 Å². The first-order valence-electron chi connectivity index (χ1n) is 11.5. The van der Waals surface area contributed by atoms with Crippen LogP contribution in [0.25, 0.3) is 0 Å². The van der Waals surface area contributed by atoms with Gasteiger partial charge in [-0.05, 0) is 38.5 Å². The zero-order valence-corrected chi connectivity index (χ0v) is 27.1. The summed E-state index contributed by atoms with van der Waals surface area (Å²) in [4.78, 5) is 43.9. The number of ether oxygens (including phenoxy) is 4. The maximum absolute atomic E-state index is 11.9. The molecule has 0 aromatic heterocycles. The largest absolute Gasteiger partial charge is 0.513 e. The Balaban J connectivity index is 0.000000564. The smallest absolute Gasteiger partial charge is 0.438 e. The minimum absolute atomic E-state index is 0. The second kappa shape index (κ2) is 14.5. The average Bonchev–Trinajstić information content (AvgIpc) is 3.57. The number of fused-ring (bicyclic) bond motifs is 4. The summed E-state index contributed by atoms with van der Waals surface area (Å²) in [6.07, 6.45) is 10.3. The number of Topliss-reactive ketones (excluding diaryl/α,β-unsaturated/α-hetero) is 1. The van der Waals surface area contributed by atoms with Gasteiger partial charge in [-0.3, -0.25) is 9.59 Å². The molecule has 3 fully saturated rings. The maximum Gasteiger partial charge on any atom is 0.513 e. The van der Waals surface area contributed by atoms with Crippen LogP contribution in [0.15, 0.2) is 22.9 Å². The van der Waals surface area contributed by atoms with E-state index in [0.29, 0.717) is 31.4 Å². The van der Waals surface area contributed by atoms with Crippen molar-refractivity contribution in [3.8, 4) is 0 Å². The Labute approximate surface area is 253 Å². The van der Waals surface area contributed by atoms with Crippen molar-refractivity contribution in [2.45, 2.75) is 74.7 Å². The summed E-state index contributed by atoms with van der Waals surface area (Å²) in [5.74, 6) is 0.322. The van der Waals surface area contributed by atoms with Crippen LogP contribution in [0.2, 0.25) is 0 Å². The third kappa shape index (κ3) is 7.25.